The van der Waals surface area contributed by atoms with Crippen molar-refractivity contribution < 1.29 is 4.39 Å². The first-order valence-corrected chi connectivity index (χ1v) is 6.43. The lowest BCUT2D eigenvalue weighted by Crippen LogP contribution is -2.26. The van der Waals surface area contributed by atoms with E-state index < -0.39 is 0 Å². The molecule has 0 amide bonds. The van der Waals surface area contributed by atoms with E-state index >= 15 is 0 Å². The number of hydrogen-bond acceptors (Lipinski definition) is 3. The molecule has 0 saturated heterocycles. The topological polar surface area (TPSA) is 38.9 Å². The van der Waals surface area contributed by atoms with Crippen LogP contribution in [0.4, 0.5) is 4.39 Å². The molecule has 1 aromatic carbocycles. The highest BCUT2D eigenvalue weighted by Crippen LogP contribution is 2.13. The van der Waals surface area contributed by atoms with Gasteiger partial charge in [0, 0.05) is 17.8 Å². The number of benzene rings is 1. The molecule has 1 heterocycles. The molecule has 0 bridgehead atoms. The lowest BCUT2D eigenvalue weighted by molar-refractivity contribution is 0.582. The molecule has 1 aromatic heterocycles. The van der Waals surface area contributed by atoms with Crippen molar-refractivity contribution in [2.45, 2.75) is 25.8 Å². The predicted molar refractivity (Wildman–Crippen MR) is 68.6 cm³/mol. The normalized spacial score (nSPS) is 12.6. The Morgan fingerprint density at radius 1 is 1.35 bits per heavy atom. The van der Waals surface area contributed by atoms with E-state index in [1.54, 1.807) is 23.5 Å². The number of thiazole rings is 1. The van der Waals surface area contributed by atoms with Crippen molar-refractivity contribution in [3.63, 3.8) is 0 Å². The first-order chi connectivity index (χ1) is 8.15. The SMILES string of the molecule is Cc1nc(CC(N)Cc2ccccc2F)cs1. The van der Waals surface area contributed by atoms with Gasteiger partial charge < -0.3 is 5.73 Å². The summed E-state index contributed by atoms with van der Waals surface area (Å²) in [5, 5.41) is 3.05. The van der Waals surface area contributed by atoms with Crippen molar-refractivity contribution in [1.29, 1.82) is 0 Å². The van der Waals surface area contributed by atoms with Crippen LogP contribution in [-0.2, 0) is 12.8 Å². The standard InChI is InChI=1S/C13H15FN2S/c1-9-16-12(8-17-9)7-11(15)6-10-4-2-3-5-13(10)14/h2-5,8,11H,6-7,15H2,1H3. The molecular weight excluding hydrogens is 235 g/mol. The van der Waals surface area contributed by atoms with Gasteiger partial charge in [0.15, 0.2) is 0 Å². The maximum Gasteiger partial charge on any atom is 0.126 e. The quantitative estimate of drug-likeness (QED) is 0.906. The van der Waals surface area contributed by atoms with Gasteiger partial charge in [-0.2, -0.15) is 0 Å². The Balaban J connectivity index is 1.98. The Hall–Kier alpha value is -1.26. The van der Waals surface area contributed by atoms with Gasteiger partial charge in [-0.25, -0.2) is 9.37 Å². The van der Waals surface area contributed by atoms with E-state index in [0.29, 0.717) is 18.4 Å². The van der Waals surface area contributed by atoms with E-state index in [0.717, 1.165) is 10.7 Å². The molecule has 0 aliphatic heterocycles. The number of nitrogens with two attached hydrogens (primary N) is 1. The van der Waals surface area contributed by atoms with Crippen LogP contribution in [0.5, 0.6) is 0 Å². The summed E-state index contributed by atoms with van der Waals surface area (Å²) < 4.78 is 13.4. The van der Waals surface area contributed by atoms with Gasteiger partial charge in [-0.3, -0.25) is 0 Å². The molecule has 0 fully saturated rings. The highest BCUT2D eigenvalue weighted by Gasteiger charge is 2.10. The Kier molecular flexibility index (Phi) is 3.86. The number of nitrogens with zero attached hydrogens (tertiary/aromatic N) is 1. The van der Waals surface area contributed by atoms with Crippen molar-refractivity contribution in [3.05, 3.63) is 51.7 Å². The molecule has 1 unspecified atom stereocenters. The van der Waals surface area contributed by atoms with Crippen LogP contribution in [0.2, 0.25) is 0 Å². The van der Waals surface area contributed by atoms with Crippen LogP contribution in [-0.4, -0.2) is 11.0 Å². The van der Waals surface area contributed by atoms with E-state index in [1.165, 1.54) is 6.07 Å². The van der Waals surface area contributed by atoms with Crippen molar-refractivity contribution in [2.24, 2.45) is 5.73 Å². The fourth-order valence-corrected chi connectivity index (χ4v) is 2.41. The van der Waals surface area contributed by atoms with Gasteiger partial charge in [-0.05, 0) is 25.0 Å². The molecule has 4 heteroatoms. The van der Waals surface area contributed by atoms with Gasteiger partial charge in [0.2, 0.25) is 0 Å². The minimum absolute atomic E-state index is 0.0894. The highest BCUT2D eigenvalue weighted by molar-refractivity contribution is 7.09. The van der Waals surface area contributed by atoms with Gasteiger partial charge in [0.25, 0.3) is 0 Å². The lowest BCUT2D eigenvalue weighted by Gasteiger charge is -2.10. The van der Waals surface area contributed by atoms with Crippen LogP contribution >= 0.6 is 11.3 Å². The van der Waals surface area contributed by atoms with Crippen molar-refractivity contribution >= 4 is 11.3 Å². The molecule has 2 N–H and O–H groups in total. The second-order valence-corrected chi connectivity index (χ2v) is 5.18. The van der Waals surface area contributed by atoms with Crippen molar-refractivity contribution in [2.75, 3.05) is 0 Å². The number of halogens is 1. The van der Waals surface area contributed by atoms with Gasteiger partial charge in [0.1, 0.15) is 5.82 Å². The van der Waals surface area contributed by atoms with Crippen LogP contribution in [0, 0.1) is 12.7 Å². The summed E-state index contributed by atoms with van der Waals surface area (Å²) in [4.78, 5) is 4.36. The van der Waals surface area contributed by atoms with Crippen LogP contribution in [0.3, 0.4) is 0 Å². The summed E-state index contributed by atoms with van der Waals surface area (Å²) >= 11 is 1.62. The number of rotatable bonds is 4. The highest BCUT2D eigenvalue weighted by atomic mass is 32.1. The maximum atomic E-state index is 13.4. The Labute approximate surface area is 104 Å². The summed E-state index contributed by atoms with van der Waals surface area (Å²) in [6.07, 6.45) is 1.24. The second-order valence-electron chi connectivity index (χ2n) is 4.12. The van der Waals surface area contributed by atoms with Crippen molar-refractivity contribution in [3.8, 4) is 0 Å². The van der Waals surface area contributed by atoms with E-state index in [9.17, 15) is 4.39 Å². The molecular formula is C13H15FN2S. The minimum atomic E-state index is -0.183. The lowest BCUT2D eigenvalue weighted by atomic mass is 10.0. The van der Waals surface area contributed by atoms with Gasteiger partial charge >= 0.3 is 0 Å². The summed E-state index contributed by atoms with van der Waals surface area (Å²) in [6, 6.07) is 6.68. The monoisotopic (exact) mass is 250 g/mol. The molecule has 2 rings (SSSR count). The van der Waals surface area contributed by atoms with Crippen LogP contribution in [0.15, 0.2) is 29.6 Å². The fraction of sp³-hybridized carbons (Fsp3) is 0.308. The first-order valence-electron chi connectivity index (χ1n) is 5.55. The van der Waals surface area contributed by atoms with E-state index in [1.807, 2.05) is 18.4 Å². The summed E-state index contributed by atoms with van der Waals surface area (Å²) in [7, 11) is 0. The predicted octanol–water partition coefficient (Wildman–Crippen LogP) is 2.70. The average Bonchev–Trinajstić information content (AvgIpc) is 2.67. The third-order valence-corrected chi connectivity index (χ3v) is 3.40. The summed E-state index contributed by atoms with van der Waals surface area (Å²) in [5.41, 5.74) is 7.68. The molecule has 0 aliphatic rings. The van der Waals surface area contributed by atoms with E-state index in [2.05, 4.69) is 4.98 Å². The van der Waals surface area contributed by atoms with Gasteiger partial charge in [-0.1, -0.05) is 18.2 Å². The fourth-order valence-electron chi connectivity index (χ4n) is 1.79. The van der Waals surface area contributed by atoms with Gasteiger partial charge in [0.05, 0.1) is 10.7 Å². The number of aryl methyl sites for hydroxylation is 1. The first kappa shape index (κ1) is 12.2. The molecule has 90 valence electrons. The second kappa shape index (κ2) is 5.38. The van der Waals surface area contributed by atoms with E-state index in [-0.39, 0.29) is 11.9 Å². The molecule has 0 aliphatic carbocycles. The molecule has 1 atom stereocenters. The zero-order valence-corrected chi connectivity index (χ0v) is 10.5. The van der Waals surface area contributed by atoms with E-state index in [4.69, 9.17) is 5.73 Å². The van der Waals surface area contributed by atoms with Crippen LogP contribution in [0.1, 0.15) is 16.3 Å². The molecule has 2 nitrogen and oxygen atoms in total. The van der Waals surface area contributed by atoms with Gasteiger partial charge in [-0.15, -0.1) is 11.3 Å². The summed E-state index contributed by atoms with van der Waals surface area (Å²) in [5.74, 6) is -0.183. The number of aromatic nitrogens is 1. The Morgan fingerprint density at radius 2 is 2.12 bits per heavy atom. The Morgan fingerprint density at radius 3 is 2.76 bits per heavy atom. The summed E-state index contributed by atoms with van der Waals surface area (Å²) in [6.45, 7) is 1.97. The molecule has 17 heavy (non-hydrogen) atoms. The molecule has 0 spiro atoms. The molecule has 2 aromatic rings. The average molecular weight is 250 g/mol. The van der Waals surface area contributed by atoms with Crippen LogP contribution < -0.4 is 5.73 Å². The third kappa shape index (κ3) is 3.35. The van der Waals surface area contributed by atoms with Crippen LogP contribution in [0.25, 0.3) is 0 Å². The largest absolute Gasteiger partial charge is 0.327 e. The minimum Gasteiger partial charge on any atom is -0.327 e. The molecule has 0 saturated carbocycles. The number of hydrogen-bond donors (Lipinski definition) is 1. The smallest absolute Gasteiger partial charge is 0.126 e. The third-order valence-electron chi connectivity index (χ3n) is 2.58. The zero-order valence-electron chi connectivity index (χ0n) is 9.69. The maximum absolute atomic E-state index is 13.4. The zero-order chi connectivity index (χ0) is 12.3. The Bertz CT molecular complexity index is 496. The molecule has 0 radical (unpaired) electrons. The van der Waals surface area contributed by atoms with Crippen molar-refractivity contribution in [1.82, 2.24) is 4.98 Å².